The van der Waals surface area contributed by atoms with Gasteiger partial charge in [0.1, 0.15) is 6.33 Å². The van der Waals surface area contributed by atoms with E-state index >= 15 is 0 Å². The molecule has 2 unspecified atom stereocenters. The molecule has 0 aromatic carbocycles. The highest BCUT2D eigenvalue weighted by Gasteiger charge is 2.28. The lowest BCUT2D eigenvalue weighted by atomic mass is 9.92. The lowest BCUT2D eigenvalue weighted by molar-refractivity contribution is 0.361. The molecule has 1 aliphatic rings. The Balaban J connectivity index is 2.29. The summed E-state index contributed by atoms with van der Waals surface area (Å²) < 4.78 is 14.3. The summed E-state index contributed by atoms with van der Waals surface area (Å²) in [5.74, 6) is 0.780. The maximum absolute atomic E-state index is 14.3. The highest BCUT2D eigenvalue weighted by atomic mass is 19.1. The van der Waals surface area contributed by atoms with Crippen LogP contribution in [0.4, 0.5) is 10.2 Å². The molecular weight excluding hydrogens is 231 g/mol. The van der Waals surface area contributed by atoms with E-state index in [4.69, 9.17) is 5.73 Å². The summed E-state index contributed by atoms with van der Waals surface area (Å²) >= 11 is 0. The monoisotopic (exact) mass is 252 g/mol. The average molecular weight is 252 g/mol. The van der Waals surface area contributed by atoms with Crippen LogP contribution in [0.15, 0.2) is 6.33 Å². The van der Waals surface area contributed by atoms with Crippen LogP contribution in [0.5, 0.6) is 0 Å². The number of anilines is 1. The van der Waals surface area contributed by atoms with Crippen LogP contribution in [0.1, 0.15) is 32.4 Å². The zero-order valence-electron chi connectivity index (χ0n) is 11.1. The Hall–Kier alpha value is -1.23. The summed E-state index contributed by atoms with van der Waals surface area (Å²) in [5, 5.41) is 0. The van der Waals surface area contributed by atoms with Crippen LogP contribution >= 0.6 is 0 Å². The van der Waals surface area contributed by atoms with Gasteiger partial charge in [-0.1, -0.05) is 13.8 Å². The number of nitrogens with zero attached hydrogens (tertiary/aromatic N) is 3. The molecule has 0 spiro atoms. The first-order valence-corrected chi connectivity index (χ1v) is 6.63. The molecule has 1 saturated heterocycles. The van der Waals surface area contributed by atoms with Crippen LogP contribution in [-0.2, 0) is 6.42 Å². The Morgan fingerprint density at radius 3 is 2.94 bits per heavy atom. The van der Waals surface area contributed by atoms with Crippen molar-refractivity contribution in [3.63, 3.8) is 0 Å². The topological polar surface area (TPSA) is 55.0 Å². The van der Waals surface area contributed by atoms with Crippen molar-refractivity contribution in [2.45, 2.75) is 39.2 Å². The Morgan fingerprint density at radius 1 is 1.50 bits per heavy atom. The van der Waals surface area contributed by atoms with Crippen molar-refractivity contribution in [1.29, 1.82) is 0 Å². The van der Waals surface area contributed by atoms with E-state index in [1.807, 2.05) is 11.8 Å². The predicted molar refractivity (Wildman–Crippen MR) is 70.0 cm³/mol. The van der Waals surface area contributed by atoms with E-state index in [-0.39, 0.29) is 11.9 Å². The zero-order valence-corrected chi connectivity index (χ0v) is 11.1. The third-order valence-corrected chi connectivity index (χ3v) is 3.70. The van der Waals surface area contributed by atoms with Crippen LogP contribution in [0.2, 0.25) is 0 Å². The van der Waals surface area contributed by atoms with E-state index in [0.29, 0.717) is 30.4 Å². The quantitative estimate of drug-likeness (QED) is 0.890. The maximum Gasteiger partial charge on any atom is 0.187 e. The Labute approximate surface area is 107 Å². The summed E-state index contributed by atoms with van der Waals surface area (Å²) in [5.41, 5.74) is 6.29. The van der Waals surface area contributed by atoms with Crippen LogP contribution < -0.4 is 10.6 Å². The molecule has 0 saturated carbocycles. The summed E-state index contributed by atoms with van der Waals surface area (Å²) in [6, 6.07) is 0.183. The number of hydrogen-bond acceptors (Lipinski definition) is 4. The molecule has 18 heavy (non-hydrogen) atoms. The van der Waals surface area contributed by atoms with Crippen molar-refractivity contribution < 1.29 is 4.39 Å². The van der Waals surface area contributed by atoms with Gasteiger partial charge in [-0.25, -0.2) is 14.4 Å². The minimum Gasteiger partial charge on any atom is -0.350 e. The number of hydrogen-bond donors (Lipinski definition) is 1. The highest BCUT2D eigenvalue weighted by Crippen LogP contribution is 2.28. The third kappa shape index (κ3) is 2.46. The first kappa shape index (κ1) is 13.2. The normalized spacial score (nSPS) is 24.3. The summed E-state index contributed by atoms with van der Waals surface area (Å²) in [6.07, 6.45) is 4.09. The summed E-state index contributed by atoms with van der Waals surface area (Å²) in [6.45, 7) is 5.47. The zero-order chi connectivity index (χ0) is 13.1. The lowest BCUT2D eigenvalue weighted by Gasteiger charge is -2.38. The molecule has 0 amide bonds. The summed E-state index contributed by atoms with van der Waals surface area (Å²) in [4.78, 5) is 10.1. The first-order chi connectivity index (χ1) is 8.67. The molecule has 2 heterocycles. The van der Waals surface area contributed by atoms with E-state index < -0.39 is 0 Å². The fraction of sp³-hybridized carbons (Fsp3) is 0.692. The number of piperidine rings is 1. The van der Waals surface area contributed by atoms with Gasteiger partial charge in [-0.2, -0.15) is 0 Å². The molecule has 2 rings (SSSR count). The highest BCUT2D eigenvalue weighted by molar-refractivity contribution is 5.43. The molecule has 2 atom stereocenters. The molecular formula is C13H21FN4. The van der Waals surface area contributed by atoms with E-state index in [1.165, 1.54) is 6.33 Å². The molecule has 2 N–H and O–H groups in total. The summed E-state index contributed by atoms with van der Waals surface area (Å²) in [7, 11) is 0. The Kier molecular flexibility index (Phi) is 4.11. The number of nitrogens with two attached hydrogens (primary N) is 1. The molecule has 0 radical (unpaired) electrons. The van der Waals surface area contributed by atoms with Crippen LogP contribution in [0, 0.1) is 11.7 Å². The van der Waals surface area contributed by atoms with Gasteiger partial charge in [0.05, 0.1) is 5.69 Å². The van der Waals surface area contributed by atoms with Gasteiger partial charge >= 0.3 is 0 Å². The smallest absolute Gasteiger partial charge is 0.187 e. The molecule has 1 fully saturated rings. The van der Waals surface area contributed by atoms with Crippen molar-refractivity contribution in [3.05, 3.63) is 17.8 Å². The molecule has 1 aromatic heterocycles. The van der Waals surface area contributed by atoms with E-state index in [2.05, 4.69) is 16.9 Å². The Morgan fingerprint density at radius 2 is 2.28 bits per heavy atom. The second-order valence-corrected chi connectivity index (χ2v) is 5.02. The van der Waals surface area contributed by atoms with Gasteiger partial charge in [-0.05, 0) is 25.2 Å². The minimum atomic E-state index is -0.284. The number of aryl methyl sites for hydroxylation is 1. The van der Waals surface area contributed by atoms with Crippen LogP contribution in [0.25, 0.3) is 0 Å². The van der Waals surface area contributed by atoms with Crippen molar-refractivity contribution in [3.8, 4) is 0 Å². The van der Waals surface area contributed by atoms with Crippen molar-refractivity contribution in [2.75, 3.05) is 18.0 Å². The number of halogens is 1. The molecule has 100 valence electrons. The molecule has 4 nitrogen and oxygen atoms in total. The van der Waals surface area contributed by atoms with Gasteiger partial charge in [0.25, 0.3) is 0 Å². The SMILES string of the molecule is CCc1ncnc(N2CCC(C)CC2CN)c1F. The van der Waals surface area contributed by atoms with Gasteiger partial charge in [-0.15, -0.1) is 0 Å². The maximum atomic E-state index is 14.3. The molecule has 1 aliphatic heterocycles. The molecule has 5 heteroatoms. The lowest BCUT2D eigenvalue weighted by Crippen LogP contribution is -2.47. The van der Waals surface area contributed by atoms with Gasteiger partial charge < -0.3 is 10.6 Å². The second kappa shape index (κ2) is 5.61. The van der Waals surface area contributed by atoms with Gasteiger partial charge in [-0.3, -0.25) is 0 Å². The van der Waals surface area contributed by atoms with Gasteiger partial charge in [0.15, 0.2) is 11.6 Å². The number of aromatic nitrogens is 2. The van der Waals surface area contributed by atoms with E-state index in [9.17, 15) is 4.39 Å². The van der Waals surface area contributed by atoms with Gasteiger partial charge in [0.2, 0.25) is 0 Å². The van der Waals surface area contributed by atoms with E-state index in [1.54, 1.807) is 0 Å². The third-order valence-electron chi connectivity index (χ3n) is 3.70. The van der Waals surface area contributed by atoms with E-state index in [0.717, 1.165) is 19.4 Å². The standard InChI is InChI=1S/C13H21FN4/c1-3-11-12(14)13(17-8-16-11)18-5-4-9(2)6-10(18)7-15/h8-10H,3-7,15H2,1-2H3. The second-order valence-electron chi connectivity index (χ2n) is 5.02. The average Bonchev–Trinajstić information content (AvgIpc) is 2.39. The van der Waals surface area contributed by atoms with Crippen molar-refractivity contribution >= 4 is 5.82 Å². The first-order valence-electron chi connectivity index (χ1n) is 6.63. The largest absolute Gasteiger partial charge is 0.350 e. The van der Waals surface area contributed by atoms with Crippen molar-refractivity contribution in [1.82, 2.24) is 9.97 Å². The number of rotatable bonds is 3. The molecule has 0 aliphatic carbocycles. The molecule has 0 bridgehead atoms. The minimum absolute atomic E-state index is 0.183. The van der Waals surface area contributed by atoms with Crippen molar-refractivity contribution in [2.24, 2.45) is 11.7 Å². The fourth-order valence-corrected chi connectivity index (χ4v) is 2.60. The van der Waals surface area contributed by atoms with Gasteiger partial charge in [0, 0.05) is 19.1 Å². The van der Waals surface area contributed by atoms with Crippen LogP contribution in [-0.4, -0.2) is 29.1 Å². The fourth-order valence-electron chi connectivity index (χ4n) is 2.60. The Bertz CT molecular complexity index is 410. The predicted octanol–water partition coefficient (Wildman–Crippen LogP) is 1.74. The van der Waals surface area contributed by atoms with Crippen LogP contribution in [0.3, 0.4) is 0 Å². The molecule has 1 aromatic rings.